The van der Waals surface area contributed by atoms with Crippen LogP contribution in [0.4, 0.5) is 0 Å². The number of halogens is 1. The van der Waals surface area contributed by atoms with Crippen LogP contribution in [0, 0.1) is 5.41 Å². The van der Waals surface area contributed by atoms with Crippen LogP contribution in [-0.2, 0) is 14.0 Å². The molecule has 0 radical (unpaired) electrons. The molecule has 0 bridgehead atoms. The van der Waals surface area contributed by atoms with E-state index in [1.165, 1.54) is 7.11 Å². The summed E-state index contributed by atoms with van der Waals surface area (Å²) in [7, 11) is -0.585. The average molecular weight is 438 g/mol. The molecule has 0 unspecified atom stereocenters. The normalized spacial score (nSPS) is 16.0. The third-order valence-electron chi connectivity index (χ3n) is 4.43. The molecular formula is C17H31IO3Si. The Labute approximate surface area is 150 Å². The highest BCUT2D eigenvalue weighted by Gasteiger charge is 2.46. The number of carbonyl (C=O) groups is 1. The van der Waals surface area contributed by atoms with Gasteiger partial charge in [-0.25, -0.2) is 0 Å². The summed E-state index contributed by atoms with van der Waals surface area (Å²) in [5, 5.41) is 0.0802. The molecule has 0 aliphatic heterocycles. The maximum atomic E-state index is 12.3. The summed E-state index contributed by atoms with van der Waals surface area (Å²) in [6.45, 7) is 16.8. The maximum absolute atomic E-state index is 12.3. The van der Waals surface area contributed by atoms with E-state index in [-0.39, 0.29) is 17.1 Å². The first-order chi connectivity index (χ1) is 9.81. The van der Waals surface area contributed by atoms with Gasteiger partial charge in [-0.2, -0.15) is 0 Å². The van der Waals surface area contributed by atoms with Crippen molar-refractivity contribution in [1.82, 2.24) is 0 Å². The molecule has 0 rings (SSSR count). The zero-order valence-electron chi connectivity index (χ0n) is 15.4. The fourth-order valence-electron chi connectivity index (χ4n) is 1.93. The molecule has 0 heterocycles. The Kier molecular flexibility index (Phi) is 8.05. The topological polar surface area (TPSA) is 35.5 Å². The van der Waals surface area contributed by atoms with E-state index in [4.69, 9.17) is 9.16 Å². The molecule has 0 aromatic rings. The largest absolute Gasteiger partial charge is 0.469 e. The minimum absolute atomic E-state index is 0.0802. The van der Waals surface area contributed by atoms with E-state index in [0.717, 1.165) is 5.57 Å². The van der Waals surface area contributed by atoms with Gasteiger partial charge < -0.3 is 9.16 Å². The standard InChI is InChI=1S/C17H31IO3Si/c1-13(11-10-12-18)14(17(5,6)15(19)20-7)21-22(8,9)16(2,3)4/h10-12,14H,1-9H3/b12-10+,13-11-/t14-/m1/s1. The van der Waals surface area contributed by atoms with Crippen molar-refractivity contribution in [3.05, 3.63) is 21.8 Å². The van der Waals surface area contributed by atoms with Crippen LogP contribution >= 0.6 is 22.6 Å². The molecule has 5 heteroatoms. The molecule has 0 saturated heterocycles. The van der Waals surface area contributed by atoms with Crippen LogP contribution in [-0.4, -0.2) is 27.5 Å². The summed E-state index contributed by atoms with van der Waals surface area (Å²) in [5.41, 5.74) is 0.303. The van der Waals surface area contributed by atoms with Gasteiger partial charge in [-0.1, -0.05) is 55.5 Å². The molecule has 22 heavy (non-hydrogen) atoms. The number of hydrogen-bond acceptors (Lipinski definition) is 3. The minimum Gasteiger partial charge on any atom is -0.469 e. The van der Waals surface area contributed by atoms with Gasteiger partial charge in [-0.15, -0.1) is 0 Å². The monoisotopic (exact) mass is 438 g/mol. The van der Waals surface area contributed by atoms with E-state index in [9.17, 15) is 4.79 Å². The molecule has 0 aliphatic carbocycles. The van der Waals surface area contributed by atoms with Gasteiger partial charge in [-0.3, -0.25) is 4.79 Å². The van der Waals surface area contributed by atoms with Gasteiger partial charge in [0.25, 0.3) is 0 Å². The molecule has 0 aromatic carbocycles. The van der Waals surface area contributed by atoms with Gasteiger partial charge in [0.05, 0.1) is 18.6 Å². The molecular weight excluding hydrogens is 407 g/mol. The van der Waals surface area contributed by atoms with Crippen molar-refractivity contribution >= 4 is 36.9 Å². The van der Waals surface area contributed by atoms with Crippen LogP contribution in [0.15, 0.2) is 21.8 Å². The Morgan fingerprint density at radius 3 is 2.05 bits per heavy atom. The molecule has 1 atom stereocenters. The Bertz CT molecular complexity index is 445. The highest BCUT2D eigenvalue weighted by molar-refractivity contribution is 14.1. The van der Waals surface area contributed by atoms with E-state index >= 15 is 0 Å². The van der Waals surface area contributed by atoms with Crippen molar-refractivity contribution in [3.63, 3.8) is 0 Å². The Balaban J connectivity index is 5.79. The number of ether oxygens (including phenoxy) is 1. The first-order valence-electron chi connectivity index (χ1n) is 7.51. The molecule has 0 spiro atoms. The van der Waals surface area contributed by atoms with Crippen LogP contribution in [0.1, 0.15) is 41.5 Å². The van der Waals surface area contributed by atoms with Crippen LogP contribution in [0.25, 0.3) is 0 Å². The Hall–Kier alpha value is -0.143. The lowest BCUT2D eigenvalue weighted by Gasteiger charge is -2.43. The van der Waals surface area contributed by atoms with Gasteiger partial charge in [-0.05, 0) is 48.6 Å². The molecule has 0 aromatic heterocycles. The summed E-state index contributed by atoms with van der Waals surface area (Å²) in [6, 6.07) is 0. The van der Waals surface area contributed by atoms with Crippen LogP contribution in [0.2, 0.25) is 18.1 Å². The quantitative estimate of drug-likeness (QED) is 0.239. The van der Waals surface area contributed by atoms with Crippen molar-refractivity contribution in [2.24, 2.45) is 5.41 Å². The molecule has 128 valence electrons. The lowest BCUT2D eigenvalue weighted by atomic mass is 9.83. The molecule has 0 saturated carbocycles. The lowest BCUT2D eigenvalue weighted by molar-refractivity contribution is -0.155. The van der Waals surface area contributed by atoms with Gasteiger partial charge >= 0.3 is 5.97 Å². The van der Waals surface area contributed by atoms with Gasteiger partial charge in [0.1, 0.15) is 0 Å². The van der Waals surface area contributed by atoms with Crippen molar-refractivity contribution < 1.29 is 14.0 Å². The SMILES string of the molecule is COC(=O)C(C)(C)[C@H](O[Si](C)(C)C(C)(C)C)/C(C)=C\C=C\I. The van der Waals surface area contributed by atoms with E-state index in [1.807, 2.05) is 37.0 Å². The average Bonchev–Trinajstić information content (AvgIpc) is 2.39. The molecule has 3 nitrogen and oxygen atoms in total. The minimum atomic E-state index is -2.01. The molecule has 0 aliphatic rings. The third-order valence-corrected chi connectivity index (χ3v) is 9.28. The summed E-state index contributed by atoms with van der Waals surface area (Å²) < 4.78 is 13.5. The zero-order valence-corrected chi connectivity index (χ0v) is 18.6. The van der Waals surface area contributed by atoms with E-state index in [2.05, 4.69) is 56.5 Å². The van der Waals surface area contributed by atoms with Crippen LogP contribution < -0.4 is 0 Å². The summed E-state index contributed by atoms with van der Waals surface area (Å²) in [4.78, 5) is 12.3. The number of hydrogen-bond donors (Lipinski definition) is 0. The molecule has 0 amide bonds. The fourth-order valence-corrected chi connectivity index (χ4v) is 3.56. The van der Waals surface area contributed by atoms with E-state index in [0.29, 0.717) is 0 Å². The zero-order chi connectivity index (χ0) is 17.8. The Morgan fingerprint density at radius 1 is 1.18 bits per heavy atom. The second-order valence-electron chi connectivity index (χ2n) is 7.70. The number of rotatable bonds is 6. The molecule has 0 fully saturated rings. The van der Waals surface area contributed by atoms with Gasteiger partial charge in [0.15, 0.2) is 8.32 Å². The number of esters is 1. The highest BCUT2D eigenvalue weighted by atomic mass is 127. The lowest BCUT2D eigenvalue weighted by Crippen LogP contribution is -2.50. The second kappa shape index (κ2) is 8.10. The summed E-state index contributed by atoms with van der Waals surface area (Å²) in [6.07, 6.45) is 3.67. The first-order valence-corrected chi connectivity index (χ1v) is 11.7. The van der Waals surface area contributed by atoms with Gasteiger partial charge in [0, 0.05) is 0 Å². The van der Waals surface area contributed by atoms with Crippen molar-refractivity contribution in [1.29, 1.82) is 0 Å². The number of carbonyl (C=O) groups excluding carboxylic acids is 1. The molecule has 0 N–H and O–H groups in total. The van der Waals surface area contributed by atoms with E-state index in [1.54, 1.807) is 0 Å². The van der Waals surface area contributed by atoms with Crippen molar-refractivity contribution in [2.45, 2.75) is 65.8 Å². The Morgan fingerprint density at radius 2 is 1.68 bits per heavy atom. The van der Waals surface area contributed by atoms with Crippen LogP contribution in [0.3, 0.4) is 0 Å². The maximum Gasteiger partial charge on any atom is 0.314 e. The highest BCUT2D eigenvalue weighted by Crippen LogP contribution is 2.41. The number of methoxy groups -OCH3 is 1. The predicted octanol–water partition coefficient (Wildman–Crippen LogP) is 5.47. The fraction of sp³-hybridized carbons (Fsp3) is 0.706. The van der Waals surface area contributed by atoms with Crippen LogP contribution in [0.5, 0.6) is 0 Å². The van der Waals surface area contributed by atoms with Crippen molar-refractivity contribution in [3.8, 4) is 0 Å². The van der Waals surface area contributed by atoms with E-state index < -0.39 is 13.7 Å². The van der Waals surface area contributed by atoms with Crippen molar-refractivity contribution in [2.75, 3.05) is 7.11 Å². The smallest absolute Gasteiger partial charge is 0.314 e. The van der Waals surface area contributed by atoms with Gasteiger partial charge in [0.2, 0.25) is 0 Å². The summed E-state index contributed by atoms with van der Waals surface area (Å²) in [5.74, 6) is -0.248. The number of allylic oxidation sites excluding steroid dienone is 2. The second-order valence-corrected chi connectivity index (χ2v) is 13.2. The summed E-state index contributed by atoms with van der Waals surface area (Å²) >= 11 is 2.18. The predicted molar refractivity (Wildman–Crippen MR) is 105 cm³/mol. The third kappa shape index (κ3) is 5.49. The first kappa shape index (κ1) is 21.9.